The molecule has 2 aliphatic carbocycles. The summed E-state index contributed by atoms with van der Waals surface area (Å²) in [5.41, 5.74) is 0. The summed E-state index contributed by atoms with van der Waals surface area (Å²) in [4.78, 5) is 15.7. The van der Waals surface area contributed by atoms with E-state index in [1.165, 1.54) is 45.1 Å². The van der Waals surface area contributed by atoms with Gasteiger partial charge in [-0.3, -0.25) is 9.69 Å². The van der Waals surface area contributed by atoms with Gasteiger partial charge in [-0.1, -0.05) is 6.42 Å². The summed E-state index contributed by atoms with van der Waals surface area (Å²) in [6.45, 7) is 3.95. The van der Waals surface area contributed by atoms with Crippen LogP contribution in [0.3, 0.4) is 0 Å². The van der Waals surface area contributed by atoms with Crippen molar-refractivity contribution < 1.29 is 4.79 Å². The highest BCUT2D eigenvalue weighted by Gasteiger charge is 2.39. The molecule has 120 valence electrons. The number of nitrogens with one attached hydrogen (secondary N) is 1. The molecule has 1 saturated heterocycles. The number of carbonyl (C=O) groups excluding carboxylic acids is 1. The molecule has 3 aliphatic rings. The molecule has 0 spiro atoms. The highest BCUT2D eigenvalue weighted by molar-refractivity contribution is 5.77. The number of likely N-dealkylation sites (tertiary alicyclic amines) is 1. The molecular formula is C17H31N3O. The van der Waals surface area contributed by atoms with Gasteiger partial charge in [0, 0.05) is 33.2 Å². The fourth-order valence-corrected chi connectivity index (χ4v) is 4.57. The maximum Gasteiger partial charge on any atom is 0.236 e. The third-order valence-electron chi connectivity index (χ3n) is 6.00. The van der Waals surface area contributed by atoms with E-state index in [1.807, 2.05) is 14.1 Å². The lowest BCUT2D eigenvalue weighted by Gasteiger charge is -2.33. The molecular weight excluding hydrogens is 262 g/mol. The summed E-state index contributed by atoms with van der Waals surface area (Å²) in [7, 11) is 3.68. The molecule has 1 aliphatic heterocycles. The van der Waals surface area contributed by atoms with Crippen molar-refractivity contribution in [1.29, 1.82) is 0 Å². The first kappa shape index (κ1) is 15.3. The van der Waals surface area contributed by atoms with E-state index in [-0.39, 0.29) is 5.91 Å². The van der Waals surface area contributed by atoms with Crippen LogP contribution in [0.15, 0.2) is 0 Å². The van der Waals surface area contributed by atoms with Gasteiger partial charge in [0.15, 0.2) is 0 Å². The molecule has 0 aromatic rings. The molecule has 0 radical (unpaired) electrons. The largest absolute Gasteiger partial charge is 0.348 e. The molecule has 3 rings (SSSR count). The van der Waals surface area contributed by atoms with Crippen molar-refractivity contribution in [3.05, 3.63) is 0 Å². The van der Waals surface area contributed by atoms with Gasteiger partial charge in [0.2, 0.25) is 5.91 Å². The van der Waals surface area contributed by atoms with Crippen LogP contribution in [-0.4, -0.2) is 62.0 Å². The molecule has 4 heteroatoms. The number of carbonyl (C=O) groups is 1. The average Bonchev–Trinajstić information content (AvgIpc) is 3.09. The zero-order chi connectivity index (χ0) is 14.8. The Hall–Kier alpha value is -0.610. The summed E-state index contributed by atoms with van der Waals surface area (Å²) in [6.07, 6.45) is 8.37. The molecule has 4 nitrogen and oxygen atoms in total. The van der Waals surface area contributed by atoms with Crippen LogP contribution in [0.2, 0.25) is 0 Å². The molecule has 2 bridgehead atoms. The Labute approximate surface area is 129 Å². The van der Waals surface area contributed by atoms with E-state index in [0.29, 0.717) is 12.6 Å². The van der Waals surface area contributed by atoms with Gasteiger partial charge in [-0.15, -0.1) is 0 Å². The van der Waals surface area contributed by atoms with Gasteiger partial charge in [0.25, 0.3) is 0 Å². The normalized spacial score (nSPS) is 33.5. The Morgan fingerprint density at radius 3 is 2.48 bits per heavy atom. The standard InChI is InChI=1S/C17H31N3O/c1-19(2)17(21)12-20-7-5-16(6-8-20)18-11-15-10-13-3-4-14(15)9-13/h13-16,18H,3-12H2,1-2H3. The van der Waals surface area contributed by atoms with Crippen LogP contribution in [0.4, 0.5) is 0 Å². The Balaban J connectivity index is 1.33. The van der Waals surface area contributed by atoms with Crippen molar-refractivity contribution in [1.82, 2.24) is 15.1 Å². The van der Waals surface area contributed by atoms with Gasteiger partial charge in [-0.25, -0.2) is 0 Å². The zero-order valence-electron chi connectivity index (χ0n) is 13.7. The molecule has 1 heterocycles. The van der Waals surface area contributed by atoms with Crippen LogP contribution in [-0.2, 0) is 4.79 Å². The Kier molecular flexibility index (Phi) is 4.85. The fraction of sp³-hybridized carbons (Fsp3) is 0.941. The monoisotopic (exact) mass is 293 g/mol. The van der Waals surface area contributed by atoms with E-state index in [9.17, 15) is 4.79 Å². The number of amides is 1. The average molecular weight is 293 g/mol. The number of fused-ring (bicyclic) bond motifs is 2. The van der Waals surface area contributed by atoms with Crippen LogP contribution in [0, 0.1) is 17.8 Å². The minimum Gasteiger partial charge on any atom is -0.348 e. The van der Waals surface area contributed by atoms with E-state index in [2.05, 4.69) is 10.2 Å². The fourth-order valence-electron chi connectivity index (χ4n) is 4.57. The second kappa shape index (κ2) is 6.66. The van der Waals surface area contributed by atoms with Crippen molar-refractivity contribution in [2.24, 2.45) is 17.8 Å². The van der Waals surface area contributed by atoms with Gasteiger partial charge in [-0.2, -0.15) is 0 Å². The molecule has 0 aromatic heterocycles. The third kappa shape index (κ3) is 3.78. The molecule has 21 heavy (non-hydrogen) atoms. The van der Waals surface area contributed by atoms with Crippen molar-refractivity contribution in [2.75, 3.05) is 40.3 Å². The molecule has 2 saturated carbocycles. The quantitative estimate of drug-likeness (QED) is 0.836. The maximum absolute atomic E-state index is 11.7. The topological polar surface area (TPSA) is 35.6 Å². The van der Waals surface area contributed by atoms with Crippen molar-refractivity contribution in [3.8, 4) is 0 Å². The summed E-state index contributed by atoms with van der Waals surface area (Å²) in [6, 6.07) is 0.676. The first-order valence-electron chi connectivity index (χ1n) is 8.77. The summed E-state index contributed by atoms with van der Waals surface area (Å²) in [5.74, 6) is 3.27. The van der Waals surface area contributed by atoms with Crippen molar-refractivity contribution in [3.63, 3.8) is 0 Å². The second-order valence-electron chi connectivity index (χ2n) is 7.68. The number of nitrogens with zero attached hydrogens (tertiary/aromatic N) is 2. The lowest BCUT2D eigenvalue weighted by atomic mass is 9.88. The molecule has 1 N–H and O–H groups in total. The van der Waals surface area contributed by atoms with Crippen molar-refractivity contribution >= 4 is 5.91 Å². The first-order valence-corrected chi connectivity index (χ1v) is 8.77. The first-order chi connectivity index (χ1) is 10.1. The second-order valence-corrected chi connectivity index (χ2v) is 7.68. The lowest BCUT2D eigenvalue weighted by Crippen LogP contribution is -2.46. The highest BCUT2D eigenvalue weighted by atomic mass is 16.2. The number of hydrogen-bond donors (Lipinski definition) is 1. The van der Waals surface area contributed by atoms with Crippen LogP contribution in [0.25, 0.3) is 0 Å². The molecule has 1 amide bonds. The predicted molar refractivity (Wildman–Crippen MR) is 85.1 cm³/mol. The number of hydrogen-bond acceptors (Lipinski definition) is 3. The van der Waals surface area contributed by atoms with E-state index in [1.54, 1.807) is 4.90 Å². The minimum atomic E-state index is 0.225. The van der Waals surface area contributed by atoms with Gasteiger partial charge < -0.3 is 10.2 Å². The predicted octanol–water partition coefficient (Wildman–Crippen LogP) is 1.56. The van der Waals surface area contributed by atoms with Crippen molar-refractivity contribution in [2.45, 2.75) is 44.6 Å². The SMILES string of the molecule is CN(C)C(=O)CN1CCC(NCC2CC3CCC2C3)CC1. The lowest BCUT2D eigenvalue weighted by molar-refractivity contribution is -0.130. The van der Waals surface area contributed by atoms with Crippen LogP contribution in [0.5, 0.6) is 0 Å². The van der Waals surface area contributed by atoms with Gasteiger partial charge in [0.1, 0.15) is 0 Å². The zero-order valence-corrected chi connectivity index (χ0v) is 13.7. The van der Waals surface area contributed by atoms with Crippen LogP contribution < -0.4 is 5.32 Å². The number of rotatable bonds is 5. The molecule has 3 unspecified atom stereocenters. The molecule has 0 aromatic carbocycles. The smallest absolute Gasteiger partial charge is 0.236 e. The summed E-state index contributed by atoms with van der Waals surface area (Å²) >= 11 is 0. The van der Waals surface area contributed by atoms with E-state index in [4.69, 9.17) is 0 Å². The minimum absolute atomic E-state index is 0.225. The van der Waals surface area contributed by atoms with Gasteiger partial charge in [0.05, 0.1) is 6.54 Å². The van der Waals surface area contributed by atoms with E-state index >= 15 is 0 Å². The Bertz CT molecular complexity index is 363. The highest BCUT2D eigenvalue weighted by Crippen LogP contribution is 2.47. The van der Waals surface area contributed by atoms with E-state index < -0.39 is 0 Å². The molecule has 3 atom stereocenters. The molecule has 3 fully saturated rings. The summed E-state index contributed by atoms with van der Waals surface area (Å²) < 4.78 is 0. The van der Waals surface area contributed by atoms with Crippen LogP contribution >= 0.6 is 0 Å². The van der Waals surface area contributed by atoms with Gasteiger partial charge in [-0.05, 0) is 56.4 Å². The van der Waals surface area contributed by atoms with Gasteiger partial charge >= 0.3 is 0 Å². The van der Waals surface area contributed by atoms with Crippen LogP contribution in [0.1, 0.15) is 38.5 Å². The summed E-state index contributed by atoms with van der Waals surface area (Å²) in [5, 5.41) is 3.82. The number of piperidine rings is 1. The Morgan fingerprint density at radius 2 is 1.90 bits per heavy atom. The van der Waals surface area contributed by atoms with E-state index in [0.717, 1.165) is 30.8 Å². The third-order valence-corrected chi connectivity index (χ3v) is 6.00. The maximum atomic E-state index is 11.7. The number of likely N-dealkylation sites (N-methyl/N-ethyl adjacent to an activating group) is 1. The Morgan fingerprint density at radius 1 is 1.14 bits per heavy atom.